The number of hydrogen-bond donors (Lipinski definition) is 2. The maximum atomic E-state index is 11.7. The normalized spacial score (nSPS) is 11.9. The van der Waals surface area contributed by atoms with Crippen LogP contribution in [0.25, 0.3) is 32.4 Å². The van der Waals surface area contributed by atoms with E-state index in [9.17, 15) is 36.2 Å². The minimum absolute atomic E-state index is 0. The number of ether oxygens (including phenoxy) is 1. The molecule has 40 heavy (non-hydrogen) atoms. The Morgan fingerprint density at radius 2 is 1.77 bits per heavy atom. The van der Waals surface area contributed by atoms with Crippen LogP contribution in [-0.2, 0) is 26.8 Å². The topological polar surface area (TPSA) is 212 Å². The Hall–Kier alpha value is -3.00. The fourth-order valence-electron chi connectivity index (χ4n) is 3.66. The quantitative estimate of drug-likeness (QED) is 0.114. The molecule has 0 aliphatic carbocycles. The van der Waals surface area contributed by atoms with Crippen LogP contribution in [0, 0.1) is 0 Å². The van der Waals surface area contributed by atoms with Gasteiger partial charge in [-0.3, -0.25) is 0 Å². The molecule has 0 fully saturated rings. The number of tetrazole rings is 1. The summed E-state index contributed by atoms with van der Waals surface area (Å²) in [6.45, 7) is -0.571. The van der Waals surface area contributed by atoms with E-state index in [2.05, 4.69) is 15.2 Å². The maximum absolute atomic E-state index is 11.7. The van der Waals surface area contributed by atoms with Crippen LogP contribution in [0.5, 0.6) is 11.5 Å². The van der Waals surface area contributed by atoms with Crippen molar-refractivity contribution in [2.24, 2.45) is 0 Å². The second-order valence-corrected chi connectivity index (χ2v) is 11.7. The first-order chi connectivity index (χ1) is 18.4. The van der Waals surface area contributed by atoms with Gasteiger partial charge in [-0.2, -0.15) is 0 Å². The van der Waals surface area contributed by atoms with E-state index in [0.29, 0.717) is 16.0 Å². The minimum atomic E-state index is -5.05. The first kappa shape index (κ1) is 30.0. The number of hydrogen-bond acceptors (Lipinski definition) is 13. The van der Waals surface area contributed by atoms with Gasteiger partial charge in [-0.15, -0.1) is 0 Å². The van der Waals surface area contributed by atoms with E-state index < -0.39 is 42.4 Å². The van der Waals surface area contributed by atoms with Gasteiger partial charge in [0.05, 0.1) is 28.2 Å². The van der Waals surface area contributed by atoms with Gasteiger partial charge in [0.1, 0.15) is 37.4 Å². The Labute approximate surface area is 252 Å². The molecule has 202 valence electrons. The van der Waals surface area contributed by atoms with E-state index in [1.165, 1.54) is 19.2 Å². The van der Waals surface area contributed by atoms with Gasteiger partial charge in [0.25, 0.3) is 5.82 Å². The molecule has 0 radical (unpaired) electrons. The first-order valence-corrected chi connectivity index (χ1v) is 14.4. The fraction of sp³-hybridized carbons (Fsp3) is 0.0909. The molecule has 2 N–H and O–H groups in total. The molecule has 0 spiro atoms. The zero-order chi connectivity index (χ0) is 28.1. The average Bonchev–Trinajstić information content (AvgIpc) is 3.51. The molecule has 2 aromatic heterocycles. The number of thiazole rings is 1. The van der Waals surface area contributed by atoms with Gasteiger partial charge >= 0.3 is 34.7 Å². The summed E-state index contributed by atoms with van der Waals surface area (Å²) in [6, 6.07) is 11.5. The molecule has 0 atom stereocenters. The second-order valence-electron chi connectivity index (χ2n) is 7.97. The van der Waals surface area contributed by atoms with Crippen molar-refractivity contribution < 1.29 is 75.2 Å². The Morgan fingerprint density at radius 3 is 2.42 bits per heavy atom. The summed E-state index contributed by atoms with van der Waals surface area (Å²) in [7, 11) is -8.45. The molecule has 5 rings (SSSR count). The number of aromatic nitrogens is 5. The van der Waals surface area contributed by atoms with E-state index in [-0.39, 0.29) is 57.3 Å². The molecule has 0 aliphatic rings. The van der Waals surface area contributed by atoms with Crippen molar-refractivity contribution in [3.05, 3.63) is 60.2 Å². The van der Waals surface area contributed by atoms with E-state index in [0.717, 1.165) is 45.2 Å². The van der Waals surface area contributed by atoms with Gasteiger partial charge in [-0.25, -0.2) is 16.8 Å². The van der Waals surface area contributed by atoms with Crippen molar-refractivity contribution in [1.82, 2.24) is 20.0 Å². The number of benzene rings is 3. The smallest absolute Gasteiger partial charge is 0.744 e. The van der Waals surface area contributed by atoms with Crippen LogP contribution >= 0.6 is 11.3 Å². The number of nitrogens with zero attached hydrogens (tertiary/aromatic N) is 5. The van der Waals surface area contributed by atoms with Gasteiger partial charge in [0.2, 0.25) is 0 Å². The fourth-order valence-corrected chi connectivity index (χ4v) is 5.68. The van der Waals surface area contributed by atoms with Gasteiger partial charge < -0.3 is 24.1 Å². The standard InChI is InChI=1S/C22H17N5O9S3.Na/c1-36-14-4-6-16-19(9-14)37-22(23-16)27-25-21(12-3-7-18(29)20(8-12)39(33,34)35)24-26(27)17-10-15(38(30,31)32)5-2-13(17)11-28;/h2-10,28H,11H2,1H3,(H2-,24,25,29,30,31,32,33,34,35);/q;+1/p-1. The monoisotopic (exact) mass is 613 g/mol. The molecule has 0 bridgehead atoms. The third-order valence-electron chi connectivity index (χ3n) is 5.53. The summed E-state index contributed by atoms with van der Waals surface area (Å²) in [5.41, 5.74) is 0.696. The third kappa shape index (κ3) is 5.73. The van der Waals surface area contributed by atoms with E-state index >= 15 is 0 Å². The number of phenols is 1. The molecule has 0 amide bonds. The predicted octanol–water partition coefficient (Wildman–Crippen LogP) is -2.16. The molecule has 5 aromatic rings. The summed E-state index contributed by atoms with van der Waals surface area (Å²) in [4.78, 5) is 5.25. The number of phenolic OH excluding ortho intramolecular Hbond substituents is 1. The molecule has 14 nitrogen and oxygen atoms in total. The number of fused-ring (bicyclic) bond motifs is 1. The molecule has 0 unspecified atom stereocenters. The number of methoxy groups -OCH3 is 1. The number of aromatic hydroxyl groups is 1. The molecule has 2 heterocycles. The van der Waals surface area contributed by atoms with Crippen molar-refractivity contribution in [2.45, 2.75) is 16.4 Å². The van der Waals surface area contributed by atoms with Crippen molar-refractivity contribution in [3.8, 4) is 33.7 Å². The Morgan fingerprint density at radius 1 is 1.02 bits per heavy atom. The second kappa shape index (κ2) is 11.1. The summed E-state index contributed by atoms with van der Waals surface area (Å²) in [6.07, 6.45) is 0. The summed E-state index contributed by atoms with van der Waals surface area (Å²) < 4.78 is 76.0. The molecule has 0 saturated carbocycles. The van der Waals surface area contributed by atoms with E-state index in [1.807, 2.05) is 0 Å². The summed E-state index contributed by atoms with van der Waals surface area (Å²) in [5.74, 6) is -0.357. The molecular weight excluding hydrogens is 597 g/mol. The predicted molar refractivity (Wildman–Crippen MR) is 132 cm³/mol. The molecule has 0 saturated heterocycles. The van der Waals surface area contributed by atoms with Crippen LogP contribution in [0.15, 0.2) is 64.4 Å². The molecule has 3 aromatic carbocycles. The molecular formula is C22H16N5NaO9S3. The van der Waals surface area contributed by atoms with Gasteiger partial charge in [0.15, 0.2) is 5.52 Å². The zero-order valence-electron chi connectivity index (χ0n) is 20.6. The number of aliphatic hydroxyl groups excluding tert-OH is 1. The van der Waals surface area contributed by atoms with Crippen molar-refractivity contribution in [1.29, 1.82) is 0 Å². The van der Waals surface area contributed by atoms with Crippen LogP contribution in [0.2, 0.25) is 0 Å². The van der Waals surface area contributed by atoms with Gasteiger partial charge in [0, 0.05) is 22.3 Å². The Kier molecular flexibility index (Phi) is 8.32. The van der Waals surface area contributed by atoms with Crippen LogP contribution in [0.1, 0.15) is 5.56 Å². The maximum Gasteiger partial charge on any atom is 1.00 e. The number of aliphatic hydroxyl groups is 1. The third-order valence-corrected chi connectivity index (χ3v) is 8.21. The zero-order valence-corrected chi connectivity index (χ0v) is 25.1. The van der Waals surface area contributed by atoms with Crippen LogP contribution in [0.3, 0.4) is 0 Å². The summed E-state index contributed by atoms with van der Waals surface area (Å²) in [5, 5.41) is 28.7. The Balaban J connectivity index is 0.00000370. The summed E-state index contributed by atoms with van der Waals surface area (Å²) >= 11 is 1.15. The van der Waals surface area contributed by atoms with Crippen LogP contribution in [0.4, 0.5) is 0 Å². The molecule has 18 heteroatoms. The minimum Gasteiger partial charge on any atom is -0.744 e. The van der Waals surface area contributed by atoms with Crippen molar-refractivity contribution >= 4 is 41.8 Å². The largest absolute Gasteiger partial charge is 1.00 e. The van der Waals surface area contributed by atoms with Gasteiger partial charge in [-0.05, 0) is 57.2 Å². The van der Waals surface area contributed by atoms with Crippen LogP contribution in [-0.4, -0.2) is 63.2 Å². The average molecular weight is 614 g/mol. The van der Waals surface area contributed by atoms with Crippen LogP contribution < -0.4 is 39.1 Å². The SMILES string of the molecule is COc1ccc2nc(-[n+]3nc(-c4ccc(O)c(S(=O)(=O)[O-])c4)nn3-c3cc(S(=O)(=O)[O-])ccc3CO)sc2c1.[Na+]. The van der Waals surface area contributed by atoms with Gasteiger partial charge in [-0.1, -0.05) is 22.4 Å². The first-order valence-electron chi connectivity index (χ1n) is 10.7. The van der Waals surface area contributed by atoms with Crippen molar-refractivity contribution in [2.75, 3.05) is 7.11 Å². The van der Waals surface area contributed by atoms with E-state index in [1.54, 1.807) is 18.2 Å². The van der Waals surface area contributed by atoms with Crippen molar-refractivity contribution in [3.63, 3.8) is 0 Å². The molecule has 0 aliphatic heterocycles. The number of rotatable bonds is 7. The Bertz CT molecular complexity index is 1980. The van der Waals surface area contributed by atoms with E-state index in [4.69, 9.17) is 4.74 Å².